The maximum absolute atomic E-state index is 13.1. The van der Waals surface area contributed by atoms with Crippen LogP contribution in [0.1, 0.15) is 174 Å². The van der Waals surface area contributed by atoms with Gasteiger partial charge >= 0.3 is 10.4 Å². The third-order valence-electron chi connectivity index (χ3n) is 10.7. The summed E-state index contributed by atoms with van der Waals surface area (Å²) in [6, 6.07) is -1.15. The lowest BCUT2D eigenvalue weighted by Crippen LogP contribution is -2.61. The van der Waals surface area contributed by atoms with Gasteiger partial charge in [-0.1, -0.05) is 152 Å². The highest BCUT2D eigenvalue weighted by atomic mass is 32.3. The fourth-order valence-corrected chi connectivity index (χ4v) is 7.46. The maximum atomic E-state index is 13.1. The number of aliphatic hydroxyl groups is 5. The normalized spacial score (nSPS) is 21.8. The Morgan fingerprint density at radius 1 is 0.667 bits per heavy atom. The van der Waals surface area contributed by atoms with E-state index < -0.39 is 78.5 Å². The quantitative estimate of drug-likeness (QED) is 0.0180. The number of rotatable bonds is 38. The molecule has 1 fully saturated rings. The summed E-state index contributed by atoms with van der Waals surface area (Å²) in [5.74, 6) is -0.735. The predicted octanol–water partition coefficient (Wildman–Crippen LogP) is 7.85. The molecule has 0 saturated carbocycles. The molecule has 8 atom stereocenters. The molecule has 0 radical (unpaired) electrons. The van der Waals surface area contributed by atoms with Crippen molar-refractivity contribution in [1.82, 2.24) is 5.32 Å². The van der Waals surface area contributed by atoms with Crippen LogP contribution in [0, 0.1) is 0 Å². The highest BCUT2D eigenvalue weighted by Gasteiger charge is 2.48. The Hall–Kier alpha value is -1.98. The Labute approximate surface area is 362 Å². The zero-order valence-electron chi connectivity index (χ0n) is 36.9. The van der Waals surface area contributed by atoms with Crippen LogP contribution in [-0.4, -0.2) is 107 Å². The number of allylic oxidation sites excluding steroid dienone is 7. The lowest BCUT2D eigenvalue weighted by Gasteiger charge is -2.41. The van der Waals surface area contributed by atoms with Crippen molar-refractivity contribution in [3.8, 4) is 0 Å². The summed E-state index contributed by atoms with van der Waals surface area (Å²) >= 11 is 0. The highest BCUT2D eigenvalue weighted by molar-refractivity contribution is 7.80. The second-order valence-corrected chi connectivity index (χ2v) is 17.2. The molecule has 7 N–H and O–H groups in total. The first kappa shape index (κ1) is 56.0. The third kappa shape index (κ3) is 28.6. The molecule has 60 heavy (non-hydrogen) atoms. The van der Waals surface area contributed by atoms with Crippen LogP contribution in [0.25, 0.3) is 0 Å². The van der Waals surface area contributed by atoms with E-state index in [1.807, 2.05) is 0 Å². The highest BCUT2D eigenvalue weighted by Crippen LogP contribution is 2.26. The first-order valence-electron chi connectivity index (χ1n) is 23.1. The average molecular weight is 874 g/mol. The molecule has 0 aromatic heterocycles. The van der Waals surface area contributed by atoms with Crippen LogP contribution in [0.5, 0.6) is 0 Å². The molecule has 0 bridgehead atoms. The lowest BCUT2D eigenvalue weighted by molar-refractivity contribution is -0.298. The molecule has 350 valence electrons. The molecule has 8 unspecified atom stereocenters. The Bertz CT molecular complexity index is 1280. The van der Waals surface area contributed by atoms with Crippen LogP contribution in [-0.2, 0) is 28.9 Å². The van der Waals surface area contributed by atoms with Crippen molar-refractivity contribution in [3.05, 3.63) is 48.6 Å². The number of unbranched alkanes of at least 4 members (excludes halogenated alkanes) is 19. The largest absolute Gasteiger partial charge is 0.397 e. The van der Waals surface area contributed by atoms with Gasteiger partial charge in [0.05, 0.1) is 25.4 Å². The number of aliphatic hydroxyl groups excluding tert-OH is 5. The fraction of sp³-hybridized carbons (Fsp3) is 0.804. The summed E-state index contributed by atoms with van der Waals surface area (Å²) in [5.41, 5.74) is 0. The Balaban J connectivity index is 2.65. The number of ether oxygens (including phenoxy) is 2. The van der Waals surface area contributed by atoms with Crippen molar-refractivity contribution in [2.45, 2.75) is 223 Å². The van der Waals surface area contributed by atoms with Crippen molar-refractivity contribution in [2.24, 2.45) is 0 Å². The van der Waals surface area contributed by atoms with E-state index in [-0.39, 0.29) is 6.42 Å². The van der Waals surface area contributed by atoms with Crippen LogP contribution >= 0.6 is 0 Å². The number of nitrogens with one attached hydrogen (secondary N) is 1. The zero-order valence-corrected chi connectivity index (χ0v) is 37.7. The molecule has 0 spiro atoms. The van der Waals surface area contributed by atoms with Crippen LogP contribution in [0.3, 0.4) is 0 Å². The second-order valence-electron chi connectivity index (χ2n) is 16.1. The molecule has 1 amide bonds. The van der Waals surface area contributed by atoms with Gasteiger partial charge in [0.2, 0.25) is 5.91 Å². The third-order valence-corrected chi connectivity index (χ3v) is 11.1. The summed E-state index contributed by atoms with van der Waals surface area (Å²) in [5, 5.41) is 55.1. The Morgan fingerprint density at radius 3 is 1.60 bits per heavy atom. The molecule has 0 aromatic carbocycles. The summed E-state index contributed by atoms with van der Waals surface area (Å²) in [6.07, 6.45) is 32.0. The molecule has 1 rings (SSSR count). The maximum Gasteiger partial charge on any atom is 0.397 e. The van der Waals surface area contributed by atoms with Crippen molar-refractivity contribution in [2.75, 3.05) is 13.2 Å². The van der Waals surface area contributed by atoms with E-state index in [1.54, 1.807) is 6.08 Å². The minimum atomic E-state index is -5.13. The minimum absolute atomic E-state index is 0.202. The molecule has 14 heteroatoms. The molecular weight excluding hydrogens is 791 g/mol. The summed E-state index contributed by atoms with van der Waals surface area (Å²) < 4.78 is 47.4. The van der Waals surface area contributed by atoms with Gasteiger partial charge in [0.15, 0.2) is 6.29 Å². The van der Waals surface area contributed by atoms with Crippen LogP contribution in [0.2, 0.25) is 0 Å². The van der Waals surface area contributed by atoms with Gasteiger partial charge in [-0.05, 0) is 70.6 Å². The predicted molar refractivity (Wildman–Crippen MR) is 237 cm³/mol. The van der Waals surface area contributed by atoms with Gasteiger partial charge in [0.25, 0.3) is 0 Å². The average Bonchev–Trinajstić information content (AvgIpc) is 3.22. The van der Waals surface area contributed by atoms with Crippen LogP contribution < -0.4 is 5.32 Å². The number of carbonyl (C=O) groups is 1. The van der Waals surface area contributed by atoms with E-state index >= 15 is 0 Å². The first-order valence-corrected chi connectivity index (χ1v) is 24.5. The van der Waals surface area contributed by atoms with E-state index in [0.717, 1.165) is 44.9 Å². The van der Waals surface area contributed by atoms with Gasteiger partial charge < -0.3 is 40.3 Å². The van der Waals surface area contributed by atoms with Gasteiger partial charge in [-0.3, -0.25) is 9.35 Å². The van der Waals surface area contributed by atoms with E-state index in [1.165, 1.54) is 102 Å². The van der Waals surface area contributed by atoms with E-state index in [2.05, 4.69) is 59.8 Å². The van der Waals surface area contributed by atoms with E-state index in [9.17, 15) is 43.3 Å². The van der Waals surface area contributed by atoms with Crippen LogP contribution in [0.15, 0.2) is 48.6 Å². The van der Waals surface area contributed by atoms with Gasteiger partial charge in [-0.2, -0.15) is 8.42 Å². The molecule has 1 heterocycles. The first-order chi connectivity index (χ1) is 28.9. The second kappa shape index (κ2) is 36.5. The zero-order chi connectivity index (χ0) is 44.3. The molecule has 0 aromatic rings. The topological polar surface area (TPSA) is 212 Å². The fourth-order valence-electron chi connectivity index (χ4n) is 6.96. The van der Waals surface area contributed by atoms with Crippen molar-refractivity contribution in [3.63, 3.8) is 0 Å². The Morgan fingerprint density at radius 2 is 1.12 bits per heavy atom. The van der Waals surface area contributed by atoms with Gasteiger partial charge in [-0.25, -0.2) is 4.18 Å². The molecule has 0 aliphatic carbocycles. The van der Waals surface area contributed by atoms with Crippen molar-refractivity contribution < 1.29 is 57.0 Å². The van der Waals surface area contributed by atoms with Gasteiger partial charge in [0, 0.05) is 0 Å². The monoisotopic (exact) mass is 874 g/mol. The van der Waals surface area contributed by atoms with Crippen molar-refractivity contribution in [1.29, 1.82) is 0 Å². The molecule has 1 saturated heterocycles. The number of amides is 1. The lowest BCUT2D eigenvalue weighted by atomic mass is 9.99. The Kier molecular flexibility index (Phi) is 34.1. The van der Waals surface area contributed by atoms with Gasteiger partial charge in [-0.15, -0.1) is 0 Å². The number of hydrogen-bond donors (Lipinski definition) is 7. The molecule has 13 nitrogen and oxygen atoms in total. The van der Waals surface area contributed by atoms with E-state index in [4.69, 9.17) is 9.47 Å². The number of hydrogen-bond acceptors (Lipinski definition) is 11. The molecule has 1 aliphatic heterocycles. The summed E-state index contributed by atoms with van der Waals surface area (Å²) in [7, 11) is -5.13. The standard InChI is InChI=1S/C46H83NO12S/c1-3-5-7-9-11-13-15-17-18-19-20-21-22-23-25-26-28-30-32-34-39(49)38(37-57-46-43(52)44(59-60(54,55)56)42(51)41(36-48)58-46)47-45(53)40(50)35-33-31-29-27-24-16-14-12-10-8-6-4-2/h20-21,24-27,32,34,38-44,46,48-52H,3-19,22-23,28-31,33,35-37H2,1-2H3,(H,47,53)(H,54,55,56)/b21-20+,26-25+,27-24-,34-32+. The SMILES string of the molecule is CCCCCCCC/C=C\CCCCC(O)C(=O)NC(COC1OC(CO)C(O)C(OS(=O)(=O)O)C1O)C(O)/C=C/CC/C=C/CC/C=C/CCCCCCCCCCC. The van der Waals surface area contributed by atoms with Crippen molar-refractivity contribution >= 4 is 16.3 Å². The van der Waals surface area contributed by atoms with E-state index in [0.29, 0.717) is 12.8 Å². The summed E-state index contributed by atoms with van der Waals surface area (Å²) in [6.45, 7) is 3.15. The smallest absolute Gasteiger partial charge is 0.394 e. The minimum Gasteiger partial charge on any atom is -0.394 e. The number of carbonyl (C=O) groups excluding carboxylic acids is 1. The van der Waals surface area contributed by atoms with Gasteiger partial charge in [0.1, 0.15) is 30.5 Å². The molecular formula is C46H83NO12S. The summed E-state index contributed by atoms with van der Waals surface area (Å²) in [4.78, 5) is 13.1. The molecule has 1 aliphatic rings. The van der Waals surface area contributed by atoms with Crippen LogP contribution in [0.4, 0.5) is 0 Å².